The van der Waals surface area contributed by atoms with Crippen LogP contribution in [0.3, 0.4) is 0 Å². The zero-order valence-electron chi connectivity index (χ0n) is 9.24. The molecule has 1 saturated heterocycles. The van der Waals surface area contributed by atoms with Gasteiger partial charge in [0.2, 0.25) is 0 Å². The van der Waals surface area contributed by atoms with Crippen molar-refractivity contribution in [3.05, 3.63) is 18.3 Å². The lowest BCUT2D eigenvalue weighted by Gasteiger charge is -2.35. The molecular formula is C11H14F3N3. The molecule has 1 aliphatic rings. The molecule has 0 saturated carbocycles. The van der Waals surface area contributed by atoms with E-state index in [4.69, 9.17) is 5.73 Å². The molecule has 94 valence electrons. The van der Waals surface area contributed by atoms with Gasteiger partial charge in [-0.25, -0.2) is 4.98 Å². The zero-order chi connectivity index (χ0) is 12.5. The number of halogens is 3. The van der Waals surface area contributed by atoms with Crippen molar-refractivity contribution in [2.24, 2.45) is 5.92 Å². The number of alkyl halides is 3. The Balaban J connectivity index is 2.15. The molecule has 2 N–H and O–H groups in total. The summed E-state index contributed by atoms with van der Waals surface area (Å²) >= 11 is 0. The van der Waals surface area contributed by atoms with Gasteiger partial charge in [-0.15, -0.1) is 0 Å². The van der Waals surface area contributed by atoms with Crippen molar-refractivity contribution in [1.82, 2.24) is 4.98 Å². The minimum atomic E-state index is -4.13. The van der Waals surface area contributed by atoms with Gasteiger partial charge in [0, 0.05) is 19.3 Å². The van der Waals surface area contributed by atoms with Crippen LogP contribution in [0, 0.1) is 5.92 Å². The van der Waals surface area contributed by atoms with Crippen LogP contribution in [0.2, 0.25) is 0 Å². The lowest BCUT2D eigenvalue weighted by Crippen LogP contribution is -2.42. The van der Waals surface area contributed by atoms with Gasteiger partial charge in [-0.1, -0.05) is 0 Å². The van der Waals surface area contributed by atoms with Gasteiger partial charge in [0.05, 0.1) is 11.6 Å². The summed E-state index contributed by atoms with van der Waals surface area (Å²) in [4.78, 5) is 5.57. The number of piperidine rings is 1. The fourth-order valence-electron chi connectivity index (χ4n) is 2.14. The second-order valence-electron chi connectivity index (χ2n) is 4.23. The van der Waals surface area contributed by atoms with Gasteiger partial charge >= 0.3 is 6.18 Å². The van der Waals surface area contributed by atoms with Crippen molar-refractivity contribution in [2.45, 2.75) is 19.0 Å². The minimum Gasteiger partial charge on any atom is -0.382 e. The van der Waals surface area contributed by atoms with Gasteiger partial charge in [0.25, 0.3) is 0 Å². The third-order valence-corrected chi connectivity index (χ3v) is 3.04. The van der Waals surface area contributed by atoms with E-state index in [1.807, 2.05) is 0 Å². The predicted octanol–water partition coefficient (Wildman–Crippen LogP) is 2.44. The quantitative estimate of drug-likeness (QED) is 0.826. The molecule has 1 unspecified atom stereocenters. The van der Waals surface area contributed by atoms with E-state index >= 15 is 0 Å². The molecule has 0 aromatic carbocycles. The first-order valence-corrected chi connectivity index (χ1v) is 5.50. The Labute approximate surface area is 97.4 Å². The fourth-order valence-corrected chi connectivity index (χ4v) is 2.14. The van der Waals surface area contributed by atoms with Crippen LogP contribution in [0.1, 0.15) is 12.8 Å². The molecule has 6 heteroatoms. The lowest BCUT2D eigenvalue weighted by atomic mass is 9.97. The van der Waals surface area contributed by atoms with Crippen LogP contribution in [0.25, 0.3) is 0 Å². The second-order valence-corrected chi connectivity index (χ2v) is 4.23. The van der Waals surface area contributed by atoms with Crippen LogP contribution in [-0.4, -0.2) is 24.2 Å². The number of hydrogen-bond acceptors (Lipinski definition) is 3. The molecule has 1 aromatic rings. The number of anilines is 2. The summed E-state index contributed by atoms with van der Waals surface area (Å²) in [6.07, 6.45) is -1.88. The Kier molecular flexibility index (Phi) is 3.13. The SMILES string of the molecule is Nc1ncccc1N1CCCC(C(F)(F)F)C1. The standard InChI is InChI=1S/C11H14F3N3/c12-11(13,14)8-3-2-6-17(7-8)9-4-1-5-16-10(9)15/h1,4-5,8H,2-3,6-7H2,(H2,15,16). The predicted molar refractivity (Wildman–Crippen MR) is 59.6 cm³/mol. The molecule has 0 aliphatic carbocycles. The third kappa shape index (κ3) is 2.62. The Hall–Kier alpha value is -1.46. The molecule has 0 spiro atoms. The third-order valence-electron chi connectivity index (χ3n) is 3.04. The fraction of sp³-hybridized carbons (Fsp3) is 0.545. The molecule has 2 rings (SSSR count). The highest BCUT2D eigenvalue weighted by Crippen LogP contribution is 2.35. The van der Waals surface area contributed by atoms with E-state index in [0.717, 1.165) is 0 Å². The van der Waals surface area contributed by atoms with Crippen LogP contribution in [0.5, 0.6) is 0 Å². The van der Waals surface area contributed by atoms with E-state index in [9.17, 15) is 13.2 Å². The normalized spacial score (nSPS) is 21.6. The first kappa shape index (κ1) is 12.0. The van der Waals surface area contributed by atoms with E-state index < -0.39 is 12.1 Å². The molecule has 1 aromatic heterocycles. The van der Waals surface area contributed by atoms with E-state index in [1.54, 1.807) is 17.0 Å². The summed E-state index contributed by atoms with van der Waals surface area (Å²) in [5, 5.41) is 0. The highest BCUT2D eigenvalue weighted by atomic mass is 19.4. The summed E-state index contributed by atoms with van der Waals surface area (Å²) < 4.78 is 38.0. The van der Waals surface area contributed by atoms with Gasteiger partial charge in [0.15, 0.2) is 0 Å². The monoisotopic (exact) mass is 245 g/mol. The molecule has 3 nitrogen and oxygen atoms in total. The molecular weight excluding hydrogens is 231 g/mol. The number of aromatic nitrogens is 1. The Bertz CT molecular complexity index is 392. The molecule has 1 aliphatic heterocycles. The van der Waals surface area contributed by atoms with Crippen molar-refractivity contribution in [2.75, 3.05) is 23.7 Å². The van der Waals surface area contributed by atoms with E-state index in [1.165, 1.54) is 6.20 Å². The molecule has 1 fully saturated rings. The first-order chi connectivity index (χ1) is 7.98. The largest absolute Gasteiger partial charge is 0.393 e. The topological polar surface area (TPSA) is 42.1 Å². The van der Waals surface area contributed by atoms with Crippen molar-refractivity contribution < 1.29 is 13.2 Å². The Morgan fingerprint density at radius 2 is 2.18 bits per heavy atom. The van der Waals surface area contributed by atoms with E-state index in [2.05, 4.69) is 4.98 Å². The number of nitrogen functional groups attached to an aromatic ring is 1. The van der Waals surface area contributed by atoms with Crippen LogP contribution in [0.4, 0.5) is 24.7 Å². The molecule has 1 atom stereocenters. The van der Waals surface area contributed by atoms with Gasteiger partial charge in [-0.05, 0) is 25.0 Å². The summed E-state index contributed by atoms with van der Waals surface area (Å²) in [6, 6.07) is 3.39. The second kappa shape index (κ2) is 4.43. The first-order valence-electron chi connectivity index (χ1n) is 5.50. The summed E-state index contributed by atoms with van der Waals surface area (Å²) in [7, 11) is 0. The molecule has 17 heavy (non-hydrogen) atoms. The van der Waals surface area contributed by atoms with E-state index in [-0.39, 0.29) is 18.8 Å². The number of nitrogens with zero attached hydrogens (tertiary/aromatic N) is 2. The average Bonchev–Trinajstić information content (AvgIpc) is 2.29. The Morgan fingerprint density at radius 1 is 1.41 bits per heavy atom. The maximum atomic E-state index is 12.7. The maximum absolute atomic E-state index is 12.7. The van der Waals surface area contributed by atoms with Crippen molar-refractivity contribution in [3.8, 4) is 0 Å². The number of nitrogens with two attached hydrogens (primary N) is 1. The zero-order valence-corrected chi connectivity index (χ0v) is 9.24. The van der Waals surface area contributed by atoms with E-state index in [0.29, 0.717) is 18.7 Å². The number of pyridine rings is 1. The van der Waals surface area contributed by atoms with Crippen molar-refractivity contribution in [1.29, 1.82) is 0 Å². The summed E-state index contributed by atoms with van der Waals surface area (Å²) in [5.41, 5.74) is 6.27. The van der Waals surface area contributed by atoms with Gasteiger partial charge in [-0.2, -0.15) is 13.2 Å². The molecule has 2 heterocycles. The average molecular weight is 245 g/mol. The van der Waals surface area contributed by atoms with Crippen LogP contribution in [0.15, 0.2) is 18.3 Å². The number of rotatable bonds is 1. The minimum absolute atomic E-state index is 0.0284. The lowest BCUT2D eigenvalue weighted by molar-refractivity contribution is -0.175. The highest BCUT2D eigenvalue weighted by Gasteiger charge is 2.42. The van der Waals surface area contributed by atoms with Crippen LogP contribution in [-0.2, 0) is 0 Å². The molecule has 0 bridgehead atoms. The van der Waals surface area contributed by atoms with Crippen molar-refractivity contribution in [3.63, 3.8) is 0 Å². The van der Waals surface area contributed by atoms with Crippen LogP contribution < -0.4 is 10.6 Å². The van der Waals surface area contributed by atoms with Crippen LogP contribution >= 0.6 is 0 Å². The van der Waals surface area contributed by atoms with Crippen molar-refractivity contribution >= 4 is 11.5 Å². The maximum Gasteiger partial charge on any atom is 0.393 e. The smallest absolute Gasteiger partial charge is 0.382 e. The highest BCUT2D eigenvalue weighted by molar-refractivity contribution is 5.63. The van der Waals surface area contributed by atoms with Gasteiger partial charge in [-0.3, -0.25) is 0 Å². The summed E-state index contributed by atoms with van der Waals surface area (Å²) in [6.45, 7) is 0.571. The summed E-state index contributed by atoms with van der Waals surface area (Å²) in [5.74, 6) is -0.980. The molecule has 0 amide bonds. The van der Waals surface area contributed by atoms with Gasteiger partial charge < -0.3 is 10.6 Å². The Morgan fingerprint density at radius 3 is 2.82 bits per heavy atom. The molecule has 0 radical (unpaired) electrons. The van der Waals surface area contributed by atoms with Gasteiger partial charge in [0.1, 0.15) is 5.82 Å². The number of hydrogen-bond donors (Lipinski definition) is 1.